The van der Waals surface area contributed by atoms with E-state index in [-0.39, 0.29) is 18.2 Å². The van der Waals surface area contributed by atoms with E-state index in [1.807, 2.05) is 12.1 Å². The number of benzene rings is 2. The number of unbranched alkanes of at least 4 members (excludes halogenated alkanes) is 1. The molecule has 4 rings (SSSR count). The van der Waals surface area contributed by atoms with E-state index < -0.39 is 9.84 Å². The molecule has 0 aliphatic rings. The van der Waals surface area contributed by atoms with Crippen molar-refractivity contribution in [3.8, 4) is 17.6 Å². The summed E-state index contributed by atoms with van der Waals surface area (Å²) in [5, 5.41) is 3.73. The van der Waals surface area contributed by atoms with Crippen LogP contribution in [0.4, 0.5) is 15.9 Å². The maximum Gasteiger partial charge on any atom is 0.151 e. The molecule has 1 N–H and O–H groups in total. The third-order valence-electron chi connectivity index (χ3n) is 6.35. The molecule has 2 aromatic carbocycles. The van der Waals surface area contributed by atoms with Crippen molar-refractivity contribution in [3.63, 3.8) is 0 Å². The average molecular weight is 600 g/mol. The van der Waals surface area contributed by atoms with Crippen LogP contribution in [0.5, 0.6) is 5.75 Å². The molecule has 1 unspecified atom stereocenters. The van der Waals surface area contributed by atoms with Crippen molar-refractivity contribution in [1.29, 1.82) is 0 Å². The van der Waals surface area contributed by atoms with Crippen LogP contribution in [0.2, 0.25) is 5.02 Å². The number of halogens is 2. The summed E-state index contributed by atoms with van der Waals surface area (Å²) in [7, 11) is -2.90. The number of hydrogen-bond acceptors (Lipinski definition) is 7. The number of thiophene rings is 1. The minimum atomic E-state index is -2.90. The topological polar surface area (TPSA) is 81.2 Å². The third kappa shape index (κ3) is 8.91. The lowest BCUT2D eigenvalue weighted by Crippen LogP contribution is -2.04. The summed E-state index contributed by atoms with van der Waals surface area (Å²) in [5.41, 5.74) is 2.26. The van der Waals surface area contributed by atoms with Gasteiger partial charge in [0.1, 0.15) is 34.3 Å². The maximum absolute atomic E-state index is 13.4. The second-order valence-electron chi connectivity index (χ2n) is 9.64. The summed E-state index contributed by atoms with van der Waals surface area (Å²) in [4.78, 5) is 9.72. The van der Waals surface area contributed by atoms with Crippen LogP contribution in [-0.4, -0.2) is 30.4 Å². The molecule has 0 saturated heterocycles. The summed E-state index contributed by atoms with van der Waals surface area (Å²) in [6.45, 7) is 2.35. The molecule has 40 heavy (non-hydrogen) atoms. The Kier molecular flexibility index (Phi) is 10.4. The van der Waals surface area contributed by atoms with E-state index in [4.69, 9.17) is 16.3 Å². The standard InChI is InChI=1S/C30H31ClFN3O3S2/c1-3-21(8-4-5-15-40(2,36)37)9-7-12-25-18-27-29(39-25)30(34-20-33-27)35-24-13-14-28(26(31)17-24)38-19-22-10-6-11-23(32)16-22/h6,10-11,13-14,16-18,20-21H,3-5,8-9,15,19H2,1-2H3,(H,33,34,35). The van der Waals surface area contributed by atoms with Crippen molar-refractivity contribution in [2.45, 2.75) is 45.6 Å². The Morgan fingerprint density at radius 3 is 2.75 bits per heavy atom. The van der Waals surface area contributed by atoms with Crippen molar-refractivity contribution in [1.82, 2.24) is 9.97 Å². The first kappa shape index (κ1) is 29.8. The van der Waals surface area contributed by atoms with Crippen LogP contribution in [0.25, 0.3) is 10.2 Å². The van der Waals surface area contributed by atoms with Crippen LogP contribution >= 0.6 is 22.9 Å². The van der Waals surface area contributed by atoms with E-state index in [0.717, 1.165) is 46.5 Å². The van der Waals surface area contributed by atoms with Crippen molar-refractivity contribution >= 4 is 54.5 Å². The molecule has 1 atom stereocenters. The Morgan fingerprint density at radius 1 is 1.15 bits per heavy atom. The van der Waals surface area contributed by atoms with Gasteiger partial charge in [-0.3, -0.25) is 0 Å². The maximum atomic E-state index is 13.4. The minimum absolute atomic E-state index is 0.206. The molecular weight excluding hydrogens is 569 g/mol. The lowest BCUT2D eigenvalue weighted by atomic mass is 9.96. The summed E-state index contributed by atoms with van der Waals surface area (Å²) >= 11 is 7.98. The van der Waals surface area contributed by atoms with Crippen LogP contribution in [0.15, 0.2) is 54.9 Å². The minimum Gasteiger partial charge on any atom is -0.487 e. The quantitative estimate of drug-likeness (QED) is 0.132. The molecule has 0 radical (unpaired) electrons. The van der Waals surface area contributed by atoms with Gasteiger partial charge in [0.15, 0.2) is 5.82 Å². The van der Waals surface area contributed by atoms with Crippen molar-refractivity contribution < 1.29 is 17.5 Å². The summed E-state index contributed by atoms with van der Waals surface area (Å²) in [6, 6.07) is 13.6. The van der Waals surface area contributed by atoms with Gasteiger partial charge in [-0.15, -0.1) is 11.3 Å². The largest absolute Gasteiger partial charge is 0.487 e. The summed E-state index contributed by atoms with van der Waals surface area (Å²) in [5.74, 6) is 8.11. The molecule has 0 aliphatic carbocycles. The number of nitrogens with zero attached hydrogens (tertiary/aromatic N) is 2. The van der Waals surface area contributed by atoms with Gasteiger partial charge in [0.05, 0.1) is 20.1 Å². The van der Waals surface area contributed by atoms with Crippen LogP contribution < -0.4 is 10.1 Å². The third-order valence-corrected chi connectivity index (χ3v) is 8.72. The zero-order chi connectivity index (χ0) is 28.5. The molecule has 4 aromatic rings. The fraction of sp³-hybridized carbons (Fsp3) is 0.333. The Labute approximate surface area is 243 Å². The predicted octanol–water partition coefficient (Wildman–Crippen LogP) is 7.79. The molecule has 2 heterocycles. The zero-order valence-corrected chi connectivity index (χ0v) is 24.8. The molecule has 0 saturated carbocycles. The number of anilines is 2. The molecule has 0 fully saturated rings. The number of hydrogen-bond donors (Lipinski definition) is 1. The van der Waals surface area contributed by atoms with Gasteiger partial charge < -0.3 is 10.1 Å². The smallest absolute Gasteiger partial charge is 0.151 e. The van der Waals surface area contributed by atoms with Gasteiger partial charge in [-0.05, 0) is 60.7 Å². The summed E-state index contributed by atoms with van der Waals surface area (Å²) in [6.07, 6.45) is 7.14. The summed E-state index contributed by atoms with van der Waals surface area (Å²) < 4.78 is 42.7. The number of sulfone groups is 1. The molecule has 2 aromatic heterocycles. The number of rotatable bonds is 12. The van der Waals surface area contributed by atoms with Gasteiger partial charge >= 0.3 is 0 Å². The van der Waals surface area contributed by atoms with E-state index in [0.29, 0.717) is 34.5 Å². The van der Waals surface area contributed by atoms with Gasteiger partial charge in [0.2, 0.25) is 0 Å². The molecule has 0 amide bonds. The first-order valence-electron chi connectivity index (χ1n) is 13.0. The highest BCUT2D eigenvalue weighted by atomic mass is 35.5. The molecule has 0 bridgehead atoms. The van der Waals surface area contributed by atoms with E-state index in [2.05, 4.69) is 34.0 Å². The molecule has 10 heteroatoms. The van der Waals surface area contributed by atoms with Crippen LogP contribution in [0.1, 0.15) is 49.5 Å². The molecule has 6 nitrogen and oxygen atoms in total. The lowest BCUT2D eigenvalue weighted by Gasteiger charge is -2.11. The second kappa shape index (κ2) is 13.9. The monoisotopic (exact) mass is 599 g/mol. The van der Waals surface area contributed by atoms with Crippen molar-refractivity contribution in [2.75, 3.05) is 17.3 Å². The normalized spacial score (nSPS) is 12.1. The van der Waals surface area contributed by atoms with Gasteiger partial charge in [0, 0.05) is 24.1 Å². The van der Waals surface area contributed by atoms with Crippen molar-refractivity contribution in [3.05, 3.63) is 76.1 Å². The number of nitrogens with one attached hydrogen (secondary N) is 1. The second-order valence-corrected chi connectivity index (χ2v) is 13.4. The molecular formula is C30H31ClFN3O3S2. The average Bonchev–Trinajstić information content (AvgIpc) is 3.33. The molecule has 0 aliphatic heterocycles. The SMILES string of the molecule is CCC(CC#Cc1cc2ncnc(Nc3ccc(OCc4cccc(F)c4)c(Cl)c3)c2s1)CCCCS(C)(=O)=O. The van der Waals surface area contributed by atoms with E-state index in [1.165, 1.54) is 36.1 Å². The van der Waals surface area contributed by atoms with Crippen LogP contribution in [-0.2, 0) is 16.4 Å². The lowest BCUT2D eigenvalue weighted by molar-refractivity contribution is 0.306. The van der Waals surface area contributed by atoms with Gasteiger partial charge in [-0.2, -0.15) is 0 Å². The van der Waals surface area contributed by atoms with E-state index in [9.17, 15) is 12.8 Å². The molecule has 0 spiro atoms. The number of aromatic nitrogens is 2. The Balaban J connectivity index is 1.38. The van der Waals surface area contributed by atoms with E-state index in [1.54, 1.807) is 24.3 Å². The fourth-order valence-corrected chi connectivity index (χ4v) is 6.05. The fourth-order valence-electron chi connectivity index (χ4n) is 4.16. The highest BCUT2D eigenvalue weighted by Gasteiger charge is 2.11. The molecule has 210 valence electrons. The Morgan fingerprint density at radius 2 is 2.00 bits per heavy atom. The van der Waals surface area contributed by atoms with Crippen LogP contribution in [0.3, 0.4) is 0 Å². The van der Waals surface area contributed by atoms with Gasteiger partial charge in [-0.25, -0.2) is 22.8 Å². The predicted molar refractivity (Wildman–Crippen MR) is 162 cm³/mol. The zero-order valence-electron chi connectivity index (χ0n) is 22.4. The Bertz CT molecular complexity index is 1630. The van der Waals surface area contributed by atoms with Gasteiger partial charge in [0.25, 0.3) is 0 Å². The highest BCUT2D eigenvalue weighted by molar-refractivity contribution is 7.90. The van der Waals surface area contributed by atoms with Crippen molar-refractivity contribution in [2.24, 2.45) is 5.92 Å². The first-order valence-corrected chi connectivity index (χ1v) is 16.3. The Hall–Kier alpha value is -3.19. The number of fused-ring (bicyclic) bond motifs is 1. The number of ether oxygens (including phenoxy) is 1. The first-order chi connectivity index (χ1) is 19.2. The van der Waals surface area contributed by atoms with Crippen LogP contribution in [0, 0.1) is 23.6 Å². The van der Waals surface area contributed by atoms with E-state index >= 15 is 0 Å². The van der Waals surface area contributed by atoms with Gasteiger partial charge in [-0.1, -0.05) is 55.3 Å². The highest BCUT2D eigenvalue weighted by Crippen LogP contribution is 2.33.